The molecule has 3 aromatic carbocycles. The lowest BCUT2D eigenvalue weighted by Crippen LogP contribution is -2.60. The number of amides is 1. The smallest absolute Gasteiger partial charge is 0.298 e. The van der Waals surface area contributed by atoms with Gasteiger partial charge in [0, 0.05) is 23.7 Å². The van der Waals surface area contributed by atoms with Gasteiger partial charge in [-0.15, -0.1) is 0 Å². The summed E-state index contributed by atoms with van der Waals surface area (Å²) in [5.41, 5.74) is 5.74. The van der Waals surface area contributed by atoms with Gasteiger partial charge in [0.15, 0.2) is 6.04 Å². The average molecular weight is 682 g/mol. The molecule has 4 aliphatic rings. The van der Waals surface area contributed by atoms with Crippen LogP contribution in [0, 0.1) is 0 Å². The SMILES string of the molecule is NC1CC2CCC(C1)N2C(=O)C(NS(=O)(=O)c1ccc2cc(OC3CCCC3)ccc2c1)C(F)(F)c1ccc(OC2CCCCC2)cc1. The fourth-order valence-corrected chi connectivity index (χ4v) is 9.39. The number of ether oxygens (including phenoxy) is 2. The van der Waals surface area contributed by atoms with E-state index in [-0.39, 0.29) is 35.2 Å². The maximum Gasteiger partial charge on any atom is 0.298 e. The number of piperidine rings is 1. The first-order valence-corrected chi connectivity index (χ1v) is 19.0. The normalized spacial score (nSPS) is 24.6. The molecule has 3 N–H and O–H groups in total. The fourth-order valence-electron chi connectivity index (χ4n) is 8.17. The molecule has 8 nitrogen and oxygen atoms in total. The molecule has 7 rings (SSSR count). The highest BCUT2D eigenvalue weighted by Crippen LogP contribution is 2.40. The molecule has 4 fully saturated rings. The first-order chi connectivity index (χ1) is 23.1. The van der Waals surface area contributed by atoms with Crippen molar-refractivity contribution < 1.29 is 31.5 Å². The topological polar surface area (TPSA) is 111 Å². The van der Waals surface area contributed by atoms with Gasteiger partial charge in [0.05, 0.1) is 17.1 Å². The molecule has 0 spiro atoms. The molecule has 2 bridgehead atoms. The summed E-state index contributed by atoms with van der Waals surface area (Å²) in [4.78, 5) is 15.4. The van der Waals surface area contributed by atoms with Crippen LogP contribution >= 0.6 is 0 Å². The van der Waals surface area contributed by atoms with Crippen molar-refractivity contribution in [2.45, 2.75) is 131 Å². The molecule has 2 aliphatic carbocycles. The van der Waals surface area contributed by atoms with E-state index in [0.29, 0.717) is 42.6 Å². The van der Waals surface area contributed by atoms with E-state index in [4.69, 9.17) is 15.2 Å². The van der Waals surface area contributed by atoms with Gasteiger partial charge >= 0.3 is 0 Å². The number of nitrogens with two attached hydrogens (primary N) is 1. The summed E-state index contributed by atoms with van der Waals surface area (Å²) in [6, 6.07) is 12.2. The number of nitrogens with one attached hydrogen (secondary N) is 1. The Bertz CT molecular complexity index is 1710. The third-order valence-corrected chi connectivity index (χ3v) is 12.1. The van der Waals surface area contributed by atoms with Crippen molar-refractivity contribution in [2.24, 2.45) is 5.73 Å². The summed E-state index contributed by atoms with van der Waals surface area (Å²) in [5, 5.41) is 1.38. The summed E-state index contributed by atoms with van der Waals surface area (Å²) in [7, 11) is -4.57. The second-order valence-corrected chi connectivity index (χ2v) is 15.9. The average Bonchev–Trinajstić information content (AvgIpc) is 3.69. The maximum absolute atomic E-state index is 16.6. The largest absolute Gasteiger partial charge is 0.490 e. The second-order valence-electron chi connectivity index (χ2n) is 14.1. The molecule has 11 heteroatoms. The molecule has 2 aliphatic heterocycles. The fraction of sp³-hybridized carbons (Fsp3) is 0.541. The summed E-state index contributed by atoms with van der Waals surface area (Å²) in [6.45, 7) is 0. The minimum atomic E-state index is -4.57. The van der Waals surface area contributed by atoms with E-state index in [1.807, 2.05) is 6.07 Å². The number of halogens is 2. The van der Waals surface area contributed by atoms with Gasteiger partial charge in [0.2, 0.25) is 15.9 Å². The second kappa shape index (κ2) is 13.6. The van der Waals surface area contributed by atoms with Crippen LogP contribution in [0.4, 0.5) is 8.78 Å². The first-order valence-electron chi connectivity index (χ1n) is 17.5. The van der Waals surface area contributed by atoms with Gasteiger partial charge in [0.1, 0.15) is 11.5 Å². The van der Waals surface area contributed by atoms with E-state index in [1.165, 1.54) is 41.3 Å². The molecule has 2 heterocycles. The monoisotopic (exact) mass is 681 g/mol. The van der Waals surface area contributed by atoms with Gasteiger partial charge in [-0.05, 0) is 136 Å². The van der Waals surface area contributed by atoms with E-state index in [9.17, 15) is 13.2 Å². The van der Waals surface area contributed by atoms with Crippen LogP contribution in [0.1, 0.15) is 89.0 Å². The molecule has 258 valence electrons. The molecule has 3 aromatic rings. The zero-order valence-electron chi connectivity index (χ0n) is 27.2. The highest BCUT2D eigenvalue weighted by Gasteiger charge is 2.53. The lowest BCUT2D eigenvalue weighted by Gasteiger charge is -2.41. The van der Waals surface area contributed by atoms with Gasteiger partial charge in [-0.2, -0.15) is 13.5 Å². The quantitative estimate of drug-likeness (QED) is 0.244. The van der Waals surface area contributed by atoms with Crippen LogP contribution in [0.2, 0.25) is 0 Å². The van der Waals surface area contributed by atoms with E-state index in [1.54, 1.807) is 18.2 Å². The highest BCUT2D eigenvalue weighted by atomic mass is 32.2. The summed E-state index contributed by atoms with van der Waals surface area (Å²) in [5.74, 6) is -3.61. The Kier molecular flexibility index (Phi) is 9.38. The van der Waals surface area contributed by atoms with Crippen LogP contribution in [0.15, 0.2) is 65.6 Å². The molecular formula is C37H45F2N3O5S. The summed E-state index contributed by atoms with van der Waals surface area (Å²) in [6.07, 6.45) is 12.0. The molecule has 3 unspecified atom stereocenters. The molecule has 0 radical (unpaired) electrons. The molecule has 1 amide bonds. The number of rotatable bonds is 10. The standard InChI is InChI=1S/C37H45F2N3O5S/c38-37(39,26-12-17-32(18-13-26)46-30-6-2-1-3-7-30)35(36(43)42-28-14-15-29(42)23-27(40)22-28)41-48(44,45)34-19-11-24-20-33(16-10-25(24)21-34)47-31-8-4-5-9-31/h10-13,16-21,27-31,35,41H,1-9,14-15,22-23,40H2. The Morgan fingerprint density at radius 3 is 1.96 bits per heavy atom. The van der Waals surface area contributed by atoms with Crippen molar-refractivity contribution in [3.05, 3.63) is 66.2 Å². The molecular weight excluding hydrogens is 636 g/mol. The van der Waals surface area contributed by atoms with Crippen molar-refractivity contribution in [1.82, 2.24) is 9.62 Å². The Morgan fingerprint density at radius 1 is 0.771 bits per heavy atom. The molecule has 3 atom stereocenters. The van der Waals surface area contributed by atoms with Gasteiger partial charge in [-0.25, -0.2) is 8.42 Å². The molecule has 2 saturated heterocycles. The Hall–Kier alpha value is -3.28. The number of benzene rings is 3. The lowest BCUT2D eigenvalue weighted by molar-refractivity contribution is -0.149. The van der Waals surface area contributed by atoms with Crippen molar-refractivity contribution in [2.75, 3.05) is 0 Å². The van der Waals surface area contributed by atoms with Crippen molar-refractivity contribution in [1.29, 1.82) is 0 Å². The first kappa shape index (κ1) is 33.2. The van der Waals surface area contributed by atoms with Crippen LogP contribution in [-0.4, -0.2) is 55.6 Å². The molecule has 2 saturated carbocycles. The van der Waals surface area contributed by atoms with Gasteiger partial charge in [-0.3, -0.25) is 4.79 Å². The van der Waals surface area contributed by atoms with Crippen molar-refractivity contribution in [3.63, 3.8) is 0 Å². The minimum Gasteiger partial charge on any atom is -0.490 e. The Labute approximate surface area is 281 Å². The number of alkyl halides is 2. The Balaban J connectivity index is 1.16. The predicted octanol–water partition coefficient (Wildman–Crippen LogP) is 6.79. The number of fused-ring (bicyclic) bond motifs is 3. The number of hydrogen-bond acceptors (Lipinski definition) is 6. The summed E-state index contributed by atoms with van der Waals surface area (Å²) < 4.78 is 75.3. The number of carbonyl (C=O) groups excluding carboxylic acids is 1. The zero-order valence-corrected chi connectivity index (χ0v) is 28.0. The zero-order chi connectivity index (χ0) is 33.5. The van der Waals surface area contributed by atoms with Crippen LogP contribution in [0.5, 0.6) is 11.5 Å². The molecule has 48 heavy (non-hydrogen) atoms. The van der Waals surface area contributed by atoms with Crippen molar-refractivity contribution in [3.8, 4) is 11.5 Å². The van der Waals surface area contributed by atoms with Crippen LogP contribution in [0.3, 0.4) is 0 Å². The maximum atomic E-state index is 16.6. The highest BCUT2D eigenvalue weighted by molar-refractivity contribution is 7.89. The van der Waals surface area contributed by atoms with E-state index in [0.717, 1.165) is 63.2 Å². The van der Waals surface area contributed by atoms with E-state index < -0.39 is 33.5 Å². The summed E-state index contributed by atoms with van der Waals surface area (Å²) >= 11 is 0. The number of hydrogen-bond donors (Lipinski definition) is 2. The minimum absolute atomic E-state index is 0.0422. The van der Waals surface area contributed by atoms with E-state index in [2.05, 4.69) is 4.72 Å². The van der Waals surface area contributed by atoms with Gasteiger partial charge in [0.25, 0.3) is 5.92 Å². The van der Waals surface area contributed by atoms with Gasteiger partial charge in [-0.1, -0.05) is 18.6 Å². The predicted molar refractivity (Wildman–Crippen MR) is 180 cm³/mol. The van der Waals surface area contributed by atoms with Crippen molar-refractivity contribution >= 4 is 26.7 Å². The van der Waals surface area contributed by atoms with Gasteiger partial charge < -0.3 is 20.1 Å². The number of carbonyl (C=O) groups is 1. The van der Waals surface area contributed by atoms with Crippen LogP contribution in [0.25, 0.3) is 10.8 Å². The van der Waals surface area contributed by atoms with Crippen LogP contribution in [-0.2, 0) is 20.7 Å². The molecule has 0 aromatic heterocycles. The lowest BCUT2D eigenvalue weighted by atomic mass is 9.94. The number of nitrogens with zero attached hydrogens (tertiary/aromatic N) is 1. The third kappa shape index (κ3) is 6.91. The van der Waals surface area contributed by atoms with Crippen LogP contribution < -0.4 is 19.9 Å². The number of sulfonamides is 1. The van der Waals surface area contributed by atoms with E-state index >= 15 is 8.78 Å². The third-order valence-electron chi connectivity index (χ3n) is 10.7. The Morgan fingerprint density at radius 2 is 1.31 bits per heavy atom.